The summed E-state index contributed by atoms with van der Waals surface area (Å²) in [5.74, 6) is 1.04. The Morgan fingerprint density at radius 1 is 1.08 bits per heavy atom. The van der Waals surface area contributed by atoms with E-state index in [9.17, 15) is 4.79 Å². The molecule has 1 aliphatic heterocycles. The van der Waals surface area contributed by atoms with E-state index in [0.717, 1.165) is 50.5 Å². The molecule has 5 heteroatoms. The fourth-order valence-corrected chi connectivity index (χ4v) is 2.99. The molecule has 1 amide bonds. The number of anilines is 1. The maximum atomic E-state index is 12.1. The lowest BCUT2D eigenvalue weighted by Crippen LogP contribution is -2.36. The van der Waals surface area contributed by atoms with E-state index in [1.807, 2.05) is 18.3 Å². The van der Waals surface area contributed by atoms with Gasteiger partial charge < -0.3 is 15.0 Å². The van der Waals surface area contributed by atoms with Crippen LogP contribution in [0.4, 0.5) is 5.82 Å². The lowest BCUT2D eigenvalue weighted by Gasteiger charge is -2.27. The van der Waals surface area contributed by atoms with E-state index >= 15 is 0 Å². The Morgan fingerprint density at radius 3 is 2.42 bits per heavy atom. The summed E-state index contributed by atoms with van der Waals surface area (Å²) in [5, 5.41) is 2.98. The van der Waals surface area contributed by atoms with Gasteiger partial charge in [-0.1, -0.05) is 37.3 Å². The number of pyridine rings is 1. The summed E-state index contributed by atoms with van der Waals surface area (Å²) in [5.41, 5.74) is 3.54. The van der Waals surface area contributed by atoms with E-state index in [-0.39, 0.29) is 5.91 Å². The maximum absolute atomic E-state index is 12.1. The topological polar surface area (TPSA) is 54.5 Å². The minimum absolute atomic E-state index is 0.0711. The van der Waals surface area contributed by atoms with Crippen LogP contribution in [-0.4, -0.2) is 37.2 Å². The Labute approximate surface area is 155 Å². The summed E-state index contributed by atoms with van der Waals surface area (Å²) in [6.07, 6.45) is 4.16. The first-order valence-corrected chi connectivity index (χ1v) is 9.36. The Kier molecular flexibility index (Phi) is 6.61. The van der Waals surface area contributed by atoms with Gasteiger partial charge in [0.15, 0.2) is 0 Å². The molecular formula is C21H27N3O2. The van der Waals surface area contributed by atoms with Gasteiger partial charge in [0.2, 0.25) is 5.91 Å². The Morgan fingerprint density at radius 2 is 1.77 bits per heavy atom. The molecular weight excluding hydrogens is 326 g/mol. The van der Waals surface area contributed by atoms with Gasteiger partial charge in [0, 0.05) is 32.3 Å². The molecule has 1 fully saturated rings. The number of carbonyl (C=O) groups is 1. The standard InChI is InChI=1S/C21H27N3O2/c1-2-17-3-5-18(6-4-17)8-10-21(25)23-16-19-7-9-20(22-15-19)24-11-13-26-14-12-24/h3-7,9,15H,2,8,10-14,16H2,1H3,(H,23,25). The number of carbonyl (C=O) groups excluding carboxylic acids is 1. The average molecular weight is 353 g/mol. The number of hydrogen-bond donors (Lipinski definition) is 1. The van der Waals surface area contributed by atoms with Crippen LogP contribution in [0.3, 0.4) is 0 Å². The molecule has 1 aromatic heterocycles. The van der Waals surface area contributed by atoms with Crippen LogP contribution >= 0.6 is 0 Å². The molecule has 5 nitrogen and oxygen atoms in total. The number of amides is 1. The van der Waals surface area contributed by atoms with E-state index in [1.54, 1.807) is 0 Å². The van der Waals surface area contributed by atoms with Crippen molar-refractivity contribution in [1.82, 2.24) is 10.3 Å². The van der Waals surface area contributed by atoms with Gasteiger partial charge in [0.05, 0.1) is 13.2 Å². The zero-order valence-electron chi connectivity index (χ0n) is 15.4. The fraction of sp³-hybridized carbons (Fsp3) is 0.429. The number of aryl methyl sites for hydroxylation is 2. The molecule has 3 rings (SSSR count). The largest absolute Gasteiger partial charge is 0.378 e. The molecule has 26 heavy (non-hydrogen) atoms. The summed E-state index contributed by atoms with van der Waals surface area (Å²) in [7, 11) is 0. The average Bonchev–Trinajstić information content (AvgIpc) is 2.72. The van der Waals surface area contributed by atoms with E-state index in [2.05, 4.69) is 46.4 Å². The lowest BCUT2D eigenvalue weighted by atomic mass is 10.1. The van der Waals surface area contributed by atoms with Crippen LogP contribution in [0, 0.1) is 0 Å². The predicted molar refractivity (Wildman–Crippen MR) is 103 cm³/mol. The monoisotopic (exact) mass is 353 g/mol. The number of hydrogen-bond acceptors (Lipinski definition) is 4. The Hall–Kier alpha value is -2.40. The maximum Gasteiger partial charge on any atom is 0.220 e. The smallest absolute Gasteiger partial charge is 0.220 e. The fourth-order valence-electron chi connectivity index (χ4n) is 2.99. The molecule has 0 spiro atoms. The van der Waals surface area contributed by atoms with Crippen molar-refractivity contribution in [3.63, 3.8) is 0 Å². The van der Waals surface area contributed by atoms with Crippen molar-refractivity contribution in [2.75, 3.05) is 31.2 Å². The number of ether oxygens (including phenoxy) is 1. The molecule has 1 N–H and O–H groups in total. The number of morpholine rings is 1. The second-order valence-electron chi connectivity index (χ2n) is 6.57. The van der Waals surface area contributed by atoms with Crippen molar-refractivity contribution < 1.29 is 9.53 Å². The zero-order chi connectivity index (χ0) is 18.2. The lowest BCUT2D eigenvalue weighted by molar-refractivity contribution is -0.121. The third kappa shape index (κ3) is 5.30. The highest BCUT2D eigenvalue weighted by Crippen LogP contribution is 2.13. The molecule has 0 bridgehead atoms. The Bertz CT molecular complexity index is 692. The van der Waals surface area contributed by atoms with Gasteiger partial charge >= 0.3 is 0 Å². The van der Waals surface area contributed by atoms with E-state index in [1.165, 1.54) is 11.1 Å². The minimum Gasteiger partial charge on any atom is -0.378 e. The molecule has 0 aliphatic carbocycles. The second-order valence-corrected chi connectivity index (χ2v) is 6.57. The summed E-state index contributed by atoms with van der Waals surface area (Å²) in [6.45, 7) is 5.92. The van der Waals surface area contributed by atoms with Crippen LogP contribution in [0.25, 0.3) is 0 Å². The molecule has 1 aromatic carbocycles. The first kappa shape index (κ1) is 18.4. The number of rotatable bonds is 7. The molecule has 2 heterocycles. The first-order valence-electron chi connectivity index (χ1n) is 9.36. The summed E-state index contributed by atoms with van der Waals surface area (Å²) in [6, 6.07) is 12.5. The summed E-state index contributed by atoms with van der Waals surface area (Å²) in [4.78, 5) is 18.8. The molecule has 1 aliphatic rings. The van der Waals surface area contributed by atoms with Crippen molar-refractivity contribution >= 4 is 11.7 Å². The third-order valence-electron chi connectivity index (χ3n) is 4.71. The van der Waals surface area contributed by atoms with Crippen LogP contribution in [0.15, 0.2) is 42.6 Å². The van der Waals surface area contributed by atoms with Gasteiger partial charge in [-0.15, -0.1) is 0 Å². The van der Waals surface area contributed by atoms with Gasteiger partial charge in [-0.25, -0.2) is 4.98 Å². The first-order chi connectivity index (χ1) is 12.7. The van der Waals surface area contributed by atoms with Crippen LogP contribution in [0.1, 0.15) is 30.0 Å². The highest BCUT2D eigenvalue weighted by atomic mass is 16.5. The predicted octanol–water partition coefficient (Wildman–Crippen LogP) is 2.73. The highest BCUT2D eigenvalue weighted by molar-refractivity contribution is 5.76. The molecule has 138 valence electrons. The van der Waals surface area contributed by atoms with Crippen molar-refractivity contribution in [3.8, 4) is 0 Å². The van der Waals surface area contributed by atoms with Gasteiger partial charge in [-0.3, -0.25) is 4.79 Å². The summed E-state index contributed by atoms with van der Waals surface area (Å²) >= 11 is 0. The SMILES string of the molecule is CCc1ccc(CCC(=O)NCc2ccc(N3CCOCC3)nc2)cc1. The number of nitrogens with zero attached hydrogens (tertiary/aromatic N) is 2. The van der Waals surface area contributed by atoms with Gasteiger partial charge in [-0.2, -0.15) is 0 Å². The highest BCUT2D eigenvalue weighted by Gasteiger charge is 2.12. The van der Waals surface area contributed by atoms with Crippen molar-refractivity contribution in [2.24, 2.45) is 0 Å². The number of benzene rings is 1. The van der Waals surface area contributed by atoms with Crippen LogP contribution < -0.4 is 10.2 Å². The van der Waals surface area contributed by atoms with Crippen LogP contribution in [0.5, 0.6) is 0 Å². The Balaban J connectivity index is 1.42. The molecule has 1 saturated heterocycles. The molecule has 0 unspecified atom stereocenters. The zero-order valence-corrected chi connectivity index (χ0v) is 15.4. The van der Waals surface area contributed by atoms with Crippen molar-refractivity contribution in [2.45, 2.75) is 32.7 Å². The molecule has 0 radical (unpaired) electrons. The van der Waals surface area contributed by atoms with Crippen LogP contribution in [0.2, 0.25) is 0 Å². The third-order valence-corrected chi connectivity index (χ3v) is 4.71. The number of aromatic nitrogens is 1. The van der Waals surface area contributed by atoms with E-state index in [4.69, 9.17) is 4.74 Å². The quantitative estimate of drug-likeness (QED) is 0.832. The van der Waals surface area contributed by atoms with Gasteiger partial charge in [-0.05, 0) is 35.6 Å². The molecule has 2 aromatic rings. The summed E-state index contributed by atoms with van der Waals surface area (Å²) < 4.78 is 5.36. The van der Waals surface area contributed by atoms with Gasteiger partial charge in [0.25, 0.3) is 0 Å². The second kappa shape index (κ2) is 9.34. The van der Waals surface area contributed by atoms with Crippen LogP contribution in [-0.2, 0) is 28.9 Å². The number of nitrogens with one attached hydrogen (secondary N) is 1. The van der Waals surface area contributed by atoms with E-state index < -0.39 is 0 Å². The normalized spacial score (nSPS) is 14.3. The molecule has 0 saturated carbocycles. The van der Waals surface area contributed by atoms with Crippen molar-refractivity contribution in [3.05, 3.63) is 59.3 Å². The van der Waals surface area contributed by atoms with Gasteiger partial charge in [0.1, 0.15) is 5.82 Å². The van der Waals surface area contributed by atoms with E-state index in [0.29, 0.717) is 13.0 Å². The van der Waals surface area contributed by atoms with Crippen molar-refractivity contribution in [1.29, 1.82) is 0 Å². The minimum atomic E-state index is 0.0711. The molecule has 0 atom stereocenters.